The smallest absolute Gasteiger partial charge is 0.322 e. The first kappa shape index (κ1) is 23.6. The fourth-order valence-electron chi connectivity index (χ4n) is 6.31. The molecule has 0 radical (unpaired) electrons. The quantitative estimate of drug-likeness (QED) is 0.497. The van der Waals surface area contributed by atoms with E-state index in [1.165, 1.54) is 12.1 Å². The van der Waals surface area contributed by atoms with Crippen LogP contribution in [-0.2, 0) is 11.2 Å². The fraction of sp³-hybridized carbons (Fsp3) is 0.407. The van der Waals surface area contributed by atoms with Crippen LogP contribution in [0.2, 0.25) is 5.02 Å². The van der Waals surface area contributed by atoms with Crippen molar-refractivity contribution in [1.29, 1.82) is 0 Å². The standard InChI is InChI=1S/C27H25ClFN5O4/c28-19-8-21(31-26(36)34-16-2-3-22(34)25-15(5-16)6-23(35)32-33-25)20(29)7-18(19)14-1-4-24(30-11-14)38-13-27-9-17(10-27)37-12-27/h1,4,6-8,11,16-17,22H,2-3,5,9-10,12-13H2,(H,31,36)(H,32,35)/t16-,17?,22+,27?/m0/s1. The number of carbonyl (C=O) groups excluding carboxylic acids is 1. The van der Waals surface area contributed by atoms with Crippen LogP contribution in [0.5, 0.6) is 5.88 Å². The highest BCUT2D eigenvalue weighted by molar-refractivity contribution is 6.33. The van der Waals surface area contributed by atoms with Crippen LogP contribution in [0.4, 0.5) is 14.9 Å². The number of fused-ring (bicyclic) bond motifs is 5. The molecule has 4 aliphatic heterocycles. The molecular weight excluding hydrogens is 513 g/mol. The van der Waals surface area contributed by atoms with Crippen LogP contribution < -0.4 is 15.6 Å². The SMILES string of the molecule is O=C(Nc1cc(Cl)c(-c2ccc(OCC34COC(C3)C4)nc2)cc1F)N1[C@H]2CC[C@@H]1c1n[nH]c(=O)cc1C2. The van der Waals surface area contributed by atoms with Gasteiger partial charge in [0.1, 0.15) is 5.82 Å². The Hall–Kier alpha value is -3.50. The van der Waals surface area contributed by atoms with Crippen LogP contribution in [0.3, 0.4) is 0 Å². The zero-order chi connectivity index (χ0) is 26.0. The average molecular weight is 538 g/mol. The maximum Gasteiger partial charge on any atom is 0.322 e. The predicted octanol–water partition coefficient (Wildman–Crippen LogP) is 4.48. The largest absolute Gasteiger partial charge is 0.477 e. The average Bonchev–Trinajstić information content (AvgIpc) is 3.58. The summed E-state index contributed by atoms with van der Waals surface area (Å²) in [6.07, 6.45) is 6.11. The van der Waals surface area contributed by atoms with Gasteiger partial charge < -0.3 is 19.7 Å². The van der Waals surface area contributed by atoms with Gasteiger partial charge in [-0.05, 0) is 55.9 Å². The van der Waals surface area contributed by atoms with E-state index >= 15 is 4.39 Å². The van der Waals surface area contributed by atoms with Crippen LogP contribution >= 0.6 is 11.6 Å². The van der Waals surface area contributed by atoms with E-state index in [9.17, 15) is 9.59 Å². The monoisotopic (exact) mass is 537 g/mol. The highest BCUT2D eigenvalue weighted by atomic mass is 35.5. The lowest BCUT2D eigenvalue weighted by atomic mass is 9.71. The third-order valence-corrected chi connectivity index (χ3v) is 8.56. The molecule has 5 aliphatic rings. The molecule has 3 saturated heterocycles. The first-order valence-corrected chi connectivity index (χ1v) is 13.1. The number of nitrogens with one attached hydrogen (secondary N) is 2. The van der Waals surface area contributed by atoms with Crippen molar-refractivity contribution in [2.75, 3.05) is 18.5 Å². The van der Waals surface area contributed by atoms with Crippen LogP contribution in [0.15, 0.2) is 41.3 Å². The van der Waals surface area contributed by atoms with Crippen molar-refractivity contribution in [3.05, 3.63) is 69.0 Å². The molecule has 2 N–H and O–H groups in total. The number of benzene rings is 1. The predicted molar refractivity (Wildman–Crippen MR) is 137 cm³/mol. The van der Waals surface area contributed by atoms with Gasteiger partial charge in [0.05, 0.1) is 41.8 Å². The number of anilines is 1. The summed E-state index contributed by atoms with van der Waals surface area (Å²) in [5.41, 5.74) is 2.50. The lowest BCUT2D eigenvalue weighted by molar-refractivity contribution is 0.0804. The first-order chi connectivity index (χ1) is 18.4. The van der Waals surface area contributed by atoms with Gasteiger partial charge in [-0.15, -0.1) is 0 Å². The van der Waals surface area contributed by atoms with Crippen LogP contribution in [-0.4, -0.2) is 51.5 Å². The Morgan fingerprint density at radius 3 is 2.92 bits per heavy atom. The van der Waals surface area contributed by atoms with Crippen LogP contribution in [0.1, 0.15) is 43.0 Å². The van der Waals surface area contributed by atoms with Crippen molar-refractivity contribution in [3.63, 3.8) is 0 Å². The van der Waals surface area contributed by atoms with E-state index in [4.69, 9.17) is 21.1 Å². The minimum absolute atomic E-state index is 0.00636. The number of hydrogen-bond acceptors (Lipinski definition) is 6. The second-order valence-corrected chi connectivity index (χ2v) is 11.2. The summed E-state index contributed by atoms with van der Waals surface area (Å²) in [5.74, 6) is -0.111. The van der Waals surface area contributed by atoms with Gasteiger partial charge in [0.25, 0.3) is 5.56 Å². The third kappa shape index (κ3) is 3.94. The molecule has 196 valence electrons. The number of ether oxygens (including phenoxy) is 2. The Labute approximate surface area is 222 Å². The molecule has 0 spiro atoms. The summed E-state index contributed by atoms with van der Waals surface area (Å²) in [6.45, 7) is 1.30. The second-order valence-electron chi connectivity index (χ2n) is 10.8. The van der Waals surface area contributed by atoms with E-state index in [-0.39, 0.29) is 33.8 Å². The number of carbonyl (C=O) groups is 1. The lowest BCUT2D eigenvalue weighted by Crippen LogP contribution is -2.45. The van der Waals surface area contributed by atoms with Gasteiger partial charge in [0.15, 0.2) is 0 Å². The van der Waals surface area contributed by atoms with Gasteiger partial charge in [0.2, 0.25) is 5.88 Å². The lowest BCUT2D eigenvalue weighted by Gasteiger charge is -2.35. The van der Waals surface area contributed by atoms with Crippen LogP contribution in [0, 0.1) is 11.2 Å². The highest BCUT2D eigenvalue weighted by Gasteiger charge is 2.52. The Morgan fingerprint density at radius 1 is 1.29 bits per heavy atom. The molecule has 38 heavy (non-hydrogen) atoms. The van der Waals surface area contributed by atoms with Gasteiger partial charge in [-0.2, -0.15) is 5.10 Å². The van der Waals surface area contributed by atoms with Crippen molar-refractivity contribution in [2.24, 2.45) is 5.41 Å². The molecule has 9 nitrogen and oxygen atoms in total. The molecule has 4 fully saturated rings. The number of pyridine rings is 1. The minimum Gasteiger partial charge on any atom is -0.477 e. The van der Waals surface area contributed by atoms with Crippen molar-refractivity contribution in [3.8, 4) is 17.0 Å². The number of aromatic nitrogens is 3. The van der Waals surface area contributed by atoms with Crippen molar-refractivity contribution in [1.82, 2.24) is 20.1 Å². The van der Waals surface area contributed by atoms with E-state index in [1.807, 2.05) is 0 Å². The molecule has 4 bridgehead atoms. The number of rotatable bonds is 5. The number of urea groups is 1. The summed E-state index contributed by atoms with van der Waals surface area (Å²) >= 11 is 6.52. The van der Waals surface area contributed by atoms with Crippen molar-refractivity contribution < 1.29 is 18.7 Å². The topological polar surface area (TPSA) is 109 Å². The van der Waals surface area contributed by atoms with Gasteiger partial charge in [-0.3, -0.25) is 4.79 Å². The maximum absolute atomic E-state index is 15.2. The molecule has 1 aliphatic carbocycles. The number of halogens is 2. The summed E-state index contributed by atoms with van der Waals surface area (Å²) < 4.78 is 26.7. The maximum atomic E-state index is 15.2. The van der Waals surface area contributed by atoms with Gasteiger partial charge >= 0.3 is 6.03 Å². The molecule has 1 aromatic carbocycles. The number of amides is 2. The number of hydrogen-bond donors (Lipinski definition) is 2. The molecule has 6 heterocycles. The normalized spacial score (nSPS) is 26.6. The molecule has 0 unspecified atom stereocenters. The molecule has 2 atom stereocenters. The molecule has 1 saturated carbocycles. The van der Waals surface area contributed by atoms with Gasteiger partial charge in [-0.25, -0.2) is 19.3 Å². The van der Waals surface area contributed by atoms with E-state index in [0.29, 0.717) is 41.8 Å². The first-order valence-electron chi connectivity index (χ1n) is 12.8. The van der Waals surface area contributed by atoms with Crippen molar-refractivity contribution >= 4 is 23.3 Å². The van der Waals surface area contributed by atoms with E-state index in [0.717, 1.165) is 37.9 Å². The zero-order valence-electron chi connectivity index (χ0n) is 20.4. The van der Waals surface area contributed by atoms with E-state index in [2.05, 4.69) is 20.5 Å². The number of nitrogens with zero attached hydrogens (tertiary/aromatic N) is 3. The molecule has 2 amide bonds. The Bertz CT molecular complexity index is 1480. The summed E-state index contributed by atoms with van der Waals surface area (Å²) in [7, 11) is 0. The Kier molecular flexibility index (Phi) is 5.45. The summed E-state index contributed by atoms with van der Waals surface area (Å²) in [6, 6.07) is 7.01. The number of aromatic amines is 1. The third-order valence-electron chi connectivity index (χ3n) is 8.25. The number of H-pyrrole nitrogens is 1. The molecule has 3 aromatic rings. The van der Waals surface area contributed by atoms with Crippen LogP contribution in [0.25, 0.3) is 11.1 Å². The van der Waals surface area contributed by atoms with Gasteiger partial charge in [0, 0.05) is 40.9 Å². The van der Waals surface area contributed by atoms with E-state index < -0.39 is 11.8 Å². The fourth-order valence-corrected chi connectivity index (χ4v) is 6.58. The molecule has 2 aromatic heterocycles. The second kappa shape index (κ2) is 8.78. The zero-order valence-corrected chi connectivity index (χ0v) is 21.1. The van der Waals surface area contributed by atoms with Gasteiger partial charge in [-0.1, -0.05) is 11.6 Å². The molecular formula is C27H25ClFN5O4. The highest BCUT2D eigenvalue weighted by Crippen LogP contribution is 2.50. The Morgan fingerprint density at radius 2 is 2.16 bits per heavy atom. The van der Waals surface area contributed by atoms with E-state index in [1.54, 1.807) is 29.3 Å². The Balaban J connectivity index is 1.05. The minimum atomic E-state index is -0.606. The van der Waals surface area contributed by atoms with Crippen molar-refractivity contribution in [2.45, 2.75) is 50.3 Å². The molecule has 11 heteroatoms. The summed E-state index contributed by atoms with van der Waals surface area (Å²) in [5, 5.41) is 9.61. The summed E-state index contributed by atoms with van der Waals surface area (Å²) in [4.78, 5) is 30.9. The molecule has 8 rings (SSSR count).